The highest BCUT2D eigenvalue weighted by Crippen LogP contribution is 2.35. The van der Waals surface area contributed by atoms with Crippen LogP contribution < -0.4 is 5.84 Å². The topological polar surface area (TPSA) is 50.8 Å². The second-order valence-electron chi connectivity index (χ2n) is 5.47. The van der Waals surface area contributed by atoms with Crippen molar-refractivity contribution in [2.75, 3.05) is 26.3 Å². The number of rotatable bonds is 3. The van der Waals surface area contributed by atoms with Crippen molar-refractivity contribution in [3.8, 4) is 0 Å². The Bertz CT molecular complexity index is 613. The van der Waals surface area contributed by atoms with E-state index in [4.69, 9.17) is 22.2 Å². The normalized spacial score (nSPS) is 21.3. The second-order valence-corrected chi connectivity index (χ2v) is 5.91. The average molecular weight is 318 g/mol. The summed E-state index contributed by atoms with van der Waals surface area (Å²) in [5, 5.41) is 4.49. The molecule has 0 unspecified atom stereocenters. The minimum absolute atomic E-state index is 0.758. The summed E-state index contributed by atoms with van der Waals surface area (Å²) in [6.45, 7) is 3.36. The van der Waals surface area contributed by atoms with E-state index < -0.39 is 0 Å². The summed E-state index contributed by atoms with van der Waals surface area (Å²) >= 11 is 5.96. The molecule has 1 fully saturated rings. The summed E-state index contributed by atoms with van der Waals surface area (Å²) in [5.74, 6) is 5.37. The predicted octanol–water partition coefficient (Wildman–Crippen LogP) is 3.05. The van der Waals surface area contributed by atoms with Crippen LogP contribution in [0, 0.1) is 0 Å². The van der Waals surface area contributed by atoms with Gasteiger partial charge in [0.2, 0.25) is 0 Å². The highest BCUT2D eigenvalue weighted by molar-refractivity contribution is 6.30. The van der Waals surface area contributed by atoms with Crippen molar-refractivity contribution in [2.45, 2.75) is 12.8 Å². The molecular weight excluding hydrogens is 298 g/mol. The monoisotopic (exact) mass is 317 g/mol. The first kappa shape index (κ1) is 15.1. The fraction of sp³-hybridized carbons (Fsp3) is 0.353. The quantitative estimate of drug-likeness (QED) is 0.529. The number of nitrogens with two attached hydrogens (primary N) is 1. The predicted molar refractivity (Wildman–Crippen MR) is 90.8 cm³/mol. The van der Waals surface area contributed by atoms with Crippen LogP contribution in [0.3, 0.4) is 0 Å². The summed E-state index contributed by atoms with van der Waals surface area (Å²) in [7, 11) is 0. The molecule has 1 aliphatic carbocycles. The van der Waals surface area contributed by atoms with Gasteiger partial charge in [0.1, 0.15) is 0 Å². The molecule has 3 rings (SSSR count). The van der Waals surface area contributed by atoms with Crippen molar-refractivity contribution in [1.82, 2.24) is 4.90 Å². The van der Waals surface area contributed by atoms with Crippen molar-refractivity contribution in [3.05, 3.63) is 51.7 Å². The number of ether oxygens (including phenoxy) is 1. The van der Waals surface area contributed by atoms with Crippen molar-refractivity contribution in [3.63, 3.8) is 0 Å². The minimum Gasteiger partial charge on any atom is -0.378 e. The molecule has 0 bridgehead atoms. The van der Waals surface area contributed by atoms with E-state index in [0.29, 0.717) is 0 Å². The van der Waals surface area contributed by atoms with Crippen LogP contribution in [0.4, 0.5) is 0 Å². The van der Waals surface area contributed by atoms with Crippen LogP contribution in [0.25, 0.3) is 6.08 Å². The number of hydrogen-bond acceptors (Lipinski definition) is 4. The van der Waals surface area contributed by atoms with E-state index in [1.807, 2.05) is 24.3 Å². The number of morpholine rings is 1. The lowest BCUT2D eigenvalue weighted by Gasteiger charge is -2.31. The van der Waals surface area contributed by atoms with Crippen LogP contribution >= 0.6 is 11.6 Å². The molecule has 0 aromatic heterocycles. The van der Waals surface area contributed by atoms with Crippen LogP contribution in [0.15, 0.2) is 46.2 Å². The first-order valence-electron chi connectivity index (χ1n) is 7.53. The first-order chi connectivity index (χ1) is 10.8. The fourth-order valence-corrected chi connectivity index (χ4v) is 3.15. The van der Waals surface area contributed by atoms with Crippen molar-refractivity contribution < 1.29 is 4.74 Å². The lowest BCUT2D eigenvalue weighted by Crippen LogP contribution is -2.36. The minimum atomic E-state index is 0.758. The molecule has 1 saturated heterocycles. The van der Waals surface area contributed by atoms with Gasteiger partial charge in [0.25, 0.3) is 0 Å². The van der Waals surface area contributed by atoms with E-state index in [0.717, 1.165) is 49.7 Å². The van der Waals surface area contributed by atoms with Gasteiger partial charge in [0.05, 0.1) is 19.4 Å². The third-order valence-electron chi connectivity index (χ3n) is 4.04. The van der Waals surface area contributed by atoms with E-state index in [1.165, 1.54) is 16.8 Å². The van der Waals surface area contributed by atoms with Gasteiger partial charge in [-0.3, -0.25) is 0 Å². The van der Waals surface area contributed by atoms with Crippen LogP contribution in [-0.4, -0.2) is 37.4 Å². The number of allylic oxidation sites excluding steroid dienone is 2. The van der Waals surface area contributed by atoms with E-state index in [9.17, 15) is 0 Å². The molecule has 5 heteroatoms. The summed E-state index contributed by atoms with van der Waals surface area (Å²) in [6, 6.07) is 7.93. The van der Waals surface area contributed by atoms with E-state index >= 15 is 0 Å². The third kappa shape index (κ3) is 3.34. The number of halogens is 1. The zero-order valence-electron chi connectivity index (χ0n) is 12.5. The lowest BCUT2D eigenvalue weighted by atomic mass is 10.1. The molecule has 116 valence electrons. The third-order valence-corrected chi connectivity index (χ3v) is 4.29. The molecule has 0 atom stereocenters. The van der Waals surface area contributed by atoms with Crippen LogP contribution in [-0.2, 0) is 4.74 Å². The highest BCUT2D eigenvalue weighted by Gasteiger charge is 2.25. The van der Waals surface area contributed by atoms with Gasteiger partial charge in [-0.25, -0.2) is 0 Å². The maximum atomic E-state index is 5.96. The van der Waals surface area contributed by atoms with Crippen LogP contribution in [0.2, 0.25) is 5.02 Å². The molecular formula is C17H20ClN3O. The summed E-state index contributed by atoms with van der Waals surface area (Å²) in [4.78, 5) is 2.38. The smallest absolute Gasteiger partial charge is 0.0642 e. The Balaban J connectivity index is 1.93. The molecule has 4 nitrogen and oxygen atoms in total. The maximum Gasteiger partial charge on any atom is 0.0642 e. The summed E-state index contributed by atoms with van der Waals surface area (Å²) in [5.41, 5.74) is 4.98. The Kier molecular flexibility index (Phi) is 4.80. The molecule has 1 aliphatic heterocycles. The fourth-order valence-electron chi connectivity index (χ4n) is 3.02. The van der Waals surface area contributed by atoms with E-state index in [-0.39, 0.29) is 0 Å². The lowest BCUT2D eigenvalue weighted by molar-refractivity contribution is 0.0548. The molecule has 1 aromatic carbocycles. The zero-order chi connectivity index (χ0) is 15.4. The van der Waals surface area contributed by atoms with Crippen molar-refractivity contribution >= 4 is 23.9 Å². The highest BCUT2D eigenvalue weighted by atomic mass is 35.5. The second kappa shape index (κ2) is 6.99. The van der Waals surface area contributed by atoms with Crippen LogP contribution in [0.5, 0.6) is 0 Å². The Morgan fingerprint density at radius 2 is 1.86 bits per heavy atom. The molecule has 22 heavy (non-hydrogen) atoms. The Hall–Kier alpha value is -1.78. The molecule has 0 saturated carbocycles. The molecule has 1 aromatic rings. The van der Waals surface area contributed by atoms with E-state index in [2.05, 4.69) is 16.1 Å². The number of hydrogen-bond donors (Lipinski definition) is 1. The van der Waals surface area contributed by atoms with Gasteiger partial charge in [0, 0.05) is 23.8 Å². The number of nitrogens with zero attached hydrogens (tertiary/aromatic N) is 2. The first-order valence-corrected chi connectivity index (χ1v) is 7.91. The number of benzene rings is 1. The van der Waals surface area contributed by atoms with Gasteiger partial charge in [-0.1, -0.05) is 23.7 Å². The Labute approximate surface area is 135 Å². The molecule has 2 aliphatic rings. The molecule has 0 amide bonds. The van der Waals surface area contributed by atoms with E-state index in [1.54, 1.807) is 6.21 Å². The maximum absolute atomic E-state index is 5.96. The van der Waals surface area contributed by atoms with Gasteiger partial charge in [-0.15, -0.1) is 0 Å². The Morgan fingerprint density at radius 3 is 2.55 bits per heavy atom. The van der Waals surface area contributed by atoms with Crippen molar-refractivity contribution in [2.24, 2.45) is 10.9 Å². The van der Waals surface area contributed by atoms with Gasteiger partial charge < -0.3 is 15.5 Å². The van der Waals surface area contributed by atoms with Crippen LogP contribution in [0.1, 0.15) is 18.4 Å². The molecule has 2 N–H and O–H groups in total. The molecule has 0 radical (unpaired) electrons. The average Bonchev–Trinajstić information content (AvgIpc) is 2.93. The molecule has 1 heterocycles. The standard InChI is InChI=1S/C17H20ClN3O/c18-16-5-1-13(2-6-16)11-14-3-4-15(12-20-19)17(14)21-7-9-22-10-8-21/h1-2,5-6,11-12H,3-4,7-10,19H2/b14-11-,20-12-. The SMILES string of the molecule is N/N=C\C1=C(N2CCOCC2)C(=C\c2ccc(Cl)cc2)/CC1. The number of hydrazone groups is 1. The van der Waals surface area contributed by atoms with Crippen molar-refractivity contribution in [1.29, 1.82) is 0 Å². The Morgan fingerprint density at radius 1 is 1.14 bits per heavy atom. The van der Waals surface area contributed by atoms with Gasteiger partial charge >= 0.3 is 0 Å². The summed E-state index contributed by atoms with van der Waals surface area (Å²) in [6.07, 6.45) is 6.01. The van der Waals surface area contributed by atoms with Gasteiger partial charge in [-0.05, 0) is 47.8 Å². The molecule has 0 spiro atoms. The van der Waals surface area contributed by atoms with Gasteiger partial charge in [0.15, 0.2) is 0 Å². The summed E-state index contributed by atoms with van der Waals surface area (Å²) < 4.78 is 5.46. The van der Waals surface area contributed by atoms with Gasteiger partial charge in [-0.2, -0.15) is 5.10 Å². The largest absolute Gasteiger partial charge is 0.378 e. The zero-order valence-corrected chi connectivity index (χ0v) is 13.2.